The Morgan fingerprint density at radius 1 is 0.735 bits per heavy atom. The third-order valence-corrected chi connectivity index (χ3v) is 6.77. The van der Waals surface area contributed by atoms with E-state index in [0.717, 1.165) is 17.1 Å². The SMILES string of the molecule is Cc1ccc(Nc2nc(C)cc(Nc3ccc(NS(=O)(=O)c4cc(Cl)ccc4C)cc3)n2)cc1. The lowest BCUT2D eigenvalue weighted by molar-refractivity contribution is 0.600. The summed E-state index contributed by atoms with van der Waals surface area (Å²) in [4.78, 5) is 9.12. The van der Waals surface area contributed by atoms with Crippen LogP contribution < -0.4 is 15.4 Å². The van der Waals surface area contributed by atoms with Crippen molar-refractivity contribution in [3.63, 3.8) is 0 Å². The molecule has 0 saturated carbocycles. The molecule has 0 unspecified atom stereocenters. The Bertz CT molecular complexity index is 1420. The highest BCUT2D eigenvalue weighted by molar-refractivity contribution is 7.92. The van der Waals surface area contributed by atoms with Crippen LogP contribution in [0.3, 0.4) is 0 Å². The second kappa shape index (κ2) is 9.70. The molecule has 0 radical (unpaired) electrons. The number of nitrogens with one attached hydrogen (secondary N) is 3. The molecule has 9 heteroatoms. The second-order valence-corrected chi connectivity index (χ2v) is 10.0. The van der Waals surface area contributed by atoms with Gasteiger partial charge in [0.2, 0.25) is 5.95 Å². The Kier molecular flexibility index (Phi) is 6.72. The van der Waals surface area contributed by atoms with Gasteiger partial charge in [0.05, 0.1) is 4.90 Å². The molecule has 1 heterocycles. The Labute approximate surface area is 204 Å². The van der Waals surface area contributed by atoms with Crippen LogP contribution in [-0.4, -0.2) is 18.4 Å². The zero-order valence-corrected chi connectivity index (χ0v) is 20.5. The van der Waals surface area contributed by atoms with E-state index < -0.39 is 10.0 Å². The van der Waals surface area contributed by atoms with E-state index in [-0.39, 0.29) is 4.90 Å². The van der Waals surface area contributed by atoms with Gasteiger partial charge in [-0.15, -0.1) is 0 Å². The van der Waals surface area contributed by atoms with Crippen LogP contribution in [0.2, 0.25) is 5.02 Å². The van der Waals surface area contributed by atoms with E-state index in [9.17, 15) is 8.42 Å². The molecule has 0 saturated heterocycles. The van der Waals surface area contributed by atoms with Crippen molar-refractivity contribution in [2.45, 2.75) is 25.7 Å². The van der Waals surface area contributed by atoms with Gasteiger partial charge < -0.3 is 10.6 Å². The number of rotatable bonds is 7. The highest BCUT2D eigenvalue weighted by Gasteiger charge is 2.17. The van der Waals surface area contributed by atoms with Gasteiger partial charge in [-0.05, 0) is 74.9 Å². The van der Waals surface area contributed by atoms with Crippen LogP contribution in [0.5, 0.6) is 0 Å². The zero-order valence-electron chi connectivity index (χ0n) is 18.9. The molecule has 0 aliphatic carbocycles. The summed E-state index contributed by atoms with van der Waals surface area (Å²) in [5.74, 6) is 1.10. The first-order valence-corrected chi connectivity index (χ1v) is 12.4. The smallest absolute Gasteiger partial charge is 0.262 e. The van der Waals surface area contributed by atoms with Gasteiger partial charge in [-0.3, -0.25) is 4.72 Å². The minimum absolute atomic E-state index is 0.146. The van der Waals surface area contributed by atoms with Gasteiger partial charge in [0.15, 0.2) is 0 Å². The van der Waals surface area contributed by atoms with E-state index in [4.69, 9.17) is 11.6 Å². The van der Waals surface area contributed by atoms with Crippen LogP contribution in [0.1, 0.15) is 16.8 Å². The molecule has 0 aliphatic rings. The molecular formula is C25H24ClN5O2S. The lowest BCUT2D eigenvalue weighted by Crippen LogP contribution is -2.14. The number of benzene rings is 3. The largest absolute Gasteiger partial charge is 0.340 e. The average molecular weight is 494 g/mol. The summed E-state index contributed by atoms with van der Waals surface area (Å²) in [6, 6.07) is 21.5. The van der Waals surface area contributed by atoms with Crippen LogP contribution in [0, 0.1) is 20.8 Å². The van der Waals surface area contributed by atoms with Gasteiger partial charge in [0, 0.05) is 33.8 Å². The third-order valence-electron chi connectivity index (χ3n) is 5.01. The first-order valence-electron chi connectivity index (χ1n) is 10.5. The molecule has 0 bridgehead atoms. The lowest BCUT2D eigenvalue weighted by Gasteiger charge is -2.12. The predicted octanol–water partition coefficient (Wildman–Crippen LogP) is 6.34. The van der Waals surface area contributed by atoms with Crippen molar-refractivity contribution < 1.29 is 8.42 Å². The standard InChI is InChI=1S/C25H24ClN5O2S/c1-16-4-8-21(9-5-16)29-25-27-18(3)14-24(30-25)28-20-10-12-22(13-11-20)31-34(32,33)23-15-19(26)7-6-17(23)2/h4-15,31H,1-3H3,(H2,27,28,29,30). The highest BCUT2D eigenvalue weighted by Crippen LogP contribution is 2.25. The summed E-state index contributed by atoms with van der Waals surface area (Å²) in [5.41, 5.74) is 4.67. The number of nitrogens with zero attached hydrogens (tertiary/aromatic N) is 2. The number of anilines is 5. The summed E-state index contributed by atoms with van der Waals surface area (Å²) >= 11 is 5.98. The molecule has 174 valence electrons. The molecule has 3 N–H and O–H groups in total. The fourth-order valence-electron chi connectivity index (χ4n) is 3.30. The number of hydrogen-bond acceptors (Lipinski definition) is 6. The van der Waals surface area contributed by atoms with Crippen molar-refractivity contribution in [2.75, 3.05) is 15.4 Å². The molecule has 4 aromatic rings. The Morgan fingerprint density at radius 3 is 2.06 bits per heavy atom. The minimum atomic E-state index is -3.77. The number of hydrogen-bond donors (Lipinski definition) is 3. The summed E-state index contributed by atoms with van der Waals surface area (Å²) in [6.07, 6.45) is 0. The number of aryl methyl sites for hydroxylation is 3. The second-order valence-electron chi connectivity index (χ2n) is 7.93. The summed E-state index contributed by atoms with van der Waals surface area (Å²) in [6.45, 7) is 5.65. The fourth-order valence-corrected chi connectivity index (χ4v) is 4.86. The minimum Gasteiger partial charge on any atom is -0.340 e. The Balaban J connectivity index is 1.48. The predicted molar refractivity (Wildman–Crippen MR) is 138 cm³/mol. The molecule has 0 amide bonds. The van der Waals surface area contributed by atoms with Crippen LogP contribution in [0.4, 0.5) is 28.8 Å². The molecule has 0 atom stereocenters. The fraction of sp³-hybridized carbons (Fsp3) is 0.120. The van der Waals surface area contributed by atoms with Gasteiger partial charge in [-0.1, -0.05) is 35.4 Å². The summed E-state index contributed by atoms with van der Waals surface area (Å²) in [7, 11) is -3.77. The van der Waals surface area contributed by atoms with Gasteiger partial charge in [-0.25, -0.2) is 13.4 Å². The van der Waals surface area contributed by atoms with Crippen molar-refractivity contribution in [2.24, 2.45) is 0 Å². The van der Waals surface area contributed by atoms with Crippen LogP contribution in [0.25, 0.3) is 0 Å². The van der Waals surface area contributed by atoms with Gasteiger partial charge in [0.25, 0.3) is 10.0 Å². The maximum absolute atomic E-state index is 12.8. The molecule has 3 aromatic carbocycles. The summed E-state index contributed by atoms with van der Waals surface area (Å²) in [5, 5.41) is 6.80. The highest BCUT2D eigenvalue weighted by atomic mass is 35.5. The zero-order chi connectivity index (χ0) is 24.3. The summed E-state index contributed by atoms with van der Waals surface area (Å²) < 4.78 is 28.2. The molecule has 34 heavy (non-hydrogen) atoms. The van der Waals surface area contributed by atoms with E-state index in [0.29, 0.717) is 28.0 Å². The first-order chi connectivity index (χ1) is 16.2. The van der Waals surface area contributed by atoms with Crippen molar-refractivity contribution in [1.29, 1.82) is 0 Å². The molecule has 4 rings (SSSR count). The Morgan fingerprint density at radius 2 is 1.35 bits per heavy atom. The molecule has 0 aliphatic heterocycles. The first kappa shape index (κ1) is 23.5. The topological polar surface area (TPSA) is 96.0 Å². The molecular weight excluding hydrogens is 470 g/mol. The van der Waals surface area contributed by atoms with Crippen molar-refractivity contribution in [1.82, 2.24) is 9.97 Å². The van der Waals surface area contributed by atoms with E-state index in [1.807, 2.05) is 44.2 Å². The van der Waals surface area contributed by atoms with Crippen molar-refractivity contribution >= 4 is 50.5 Å². The molecule has 1 aromatic heterocycles. The number of aromatic nitrogens is 2. The van der Waals surface area contributed by atoms with Crippen molar-refractivity contribution in [3.05, 3.63) is 94.6 Å². The quantitative estimate of drug-likeness (QED) is 0.278. The Hall–Kier alpha value is -3.62. The monoisotopic (exact) mass is 493 g/mol. The van der Waals surface area contributed by atoms with E-state index in [1.54, 1.807) is 43.3 Å². The van der Waals surface area contributed by atoms with E-state index in [1.165, 1.54) is 11.6 Å². The van der Waals surface area contributed by atoms with Crippen LogP contribution in [-0.2, 0) is 10.0 Å². The van der Waals surface area contributed by atoms with E-state index >= 15 is 0 Å². The normalized spacial score (nSPS) is 11.2. The van der Waals surface area contributed by atoms with Gasteiger partial charge in [0.1, 0.15) is 5.82 Å². The third kappa shape index (κ3) is 5.84. The van der Waals surface area contributed by atoms with Gasteiger partial charge in [-0.2, -0.15) is 4.98 Å². The van der Waals surface area contributed by atoms with E-state index in [2.05, 4.69) is 25.3 Å². The van der Waals surface area contributed by atoms with Gasteiger partial charge >= 0.3 is 0 Å². The van der Waals surface area contributed by atoms with Crippen molar-refractivity contribution in [3.8, 4) is 0 Å². The lowest BCUT2D eigenvalue weighted by atomic mass is 10.2. The maximum Gasteiger partial charge on any atom is 0.262 e. The maximum atomic E-state index is 12.8. The number of halogens is 1. The molecule has 0 spiro atoms. The molecule has 7 nitrogen and oxygen atoms in total. The molecule has 0 fully saturated rings. The van der Waals surface area contributed by atoms with Crippen LogP contribution in [0.15, 0.2) is 77.7 Å². The number of sulfonamides is 1. The van der Waals surface area contributed by atoms with Crippen LogP contribution >= 0.6 is 11.6 Å². The average Bonchev–Trinajstić information content (AvgIpc) is 2.78.